The molecule has 6 nitrogen and oxygen atoms in total. The van der Waals surface area contributed by atoms with Gasteiger partial charge in [0.05, 0.1) is 11.7 Å². The zero-order valence-electron chi connectivity index (χ0n) is 20.9. The first-order valence-corrected chi connectivity index (χ1v) is 12.5. The van der Waals surface area contributed by atoms with Gasteiger partial charge in [-0.1, -0.05) is 48.5 Å². The molecule has 184 valence electrons. The van der Waals surface area contributed by atoms with Gasteiger partial charge in [0.2, 0.25) is 5.89 Å². The van der Waals surface area contributed by atoms with Crippen molar-refractivity contribution in [2.45, 2.75) is 26.4 Å². The van der Waals surface area contributed by atoms with E-state index < -0.39 is 0 Å². The first kappa shape index (κ1) is 23.8. The van der Waals surface area contributed by atoms with Crippen LogP contribution in [0.1, 0.15) is 40.3 Å². The summed E-state index contributed by atoms with van der Waals surface area (Å²) >= 11 is 0. The van der Waals surface area contributed by atoms with Crippen LogP contribution < -0.4 is 10.2 Å². The SMILES string of the molecule is Cc1oc(-c2ccc(C(=O)N[C@@H](C)c3ccccc3)cc2)nc1CN1CCN(c2ccccc2)CC1. The number of rotatable bonds is 7. The highest BCUT2D eigenvalue weighted by Gasteiger charge is 2.20. The maximum atomic E-state index is 12.7. The van der Waals surface area contributed by atoms with Crippen LogP contribution in [0.2, 0.25) is 0 Å². The van der Waals surface area contributed by atoms with E-state index in [1.54, 1.807) is 0 Å². The number of piperazine rings is 1. The van der Waals surface area contributed by atoms with Crippen LogP contribution in [0.25, 0.3) is 11.5 Å². The average molecular weight is 481 g/mol. The number of amides is 1. The first-order valence-electron chi connectivity index (χ1n) is 12.5. The van der Waals surface area contributed by atoms with Crippen LogP contribution in [0.3, 0.4) is 0 Å². The second kappa shape index (κ2) is 10.8. The minimum atomic E-state index is -0.100. The molecule has 1 atom stereocenters. The molecule has 1 saturated heterocycles. The van der Waals surface area contributed by atoms with Crippen molar-refractivity contribution in [2.75, 3.05) is 31.1 Å². The predicted molar refractivity (Wildman–Crippen MR) is 143 cm³/mol. The lowest BCUT2D eigenvalue weighted by Crippen LogP contribution is -2.46. The van der Waals surface area contributed by atoms with Gasteiger partial charge in [-0.3, -0.25) is 9.69 Å². The van der Waals surface area contributed by atoms with Crippen LogP contribution in [0.4, 0.5) is 5.69 Å². The quantitative estimate of drug-likeness (QED) is 0.380. The molecule has 3 aromatic carbocycles. The Kier molecular flexibility index (Phi) is 7.14. The summed E-state index contributed by atoms with van der Waals surface area (Å²) in [6.07, 6.45) is 0. The number of benzene rings is 3. The summed E-state index contributed by atoms with van der Waals surface area (Å²) in [5.74, 6) is 1.33. The van der Waals surface area contributed by atoms with E-state index in [2.05, 4.69) is 45.4 Å². The molecule has 0 radical (unpaired) electrons. The minimum Gasteiger partial charge on any atom is -0.441 e. The van der Waals surface area contributed by atoms with E-state index in [9.17, 15) is 4.79 Å². The molecule has 5 rings (SSSR count). The number of aryl methyl sites for hydroxylation is 1. The van der Waals surface area contributed by atoms with E-state index in [1.165, 1.54) is 5.69 Å². The third kappa shape index (κ3) is 5.50. The topological polar surface area (TPSA) is 61.6 Å². The van der Waals surface area contributed by atoms with Gasteiger partial charge in [0.1, 0.15) is 5.76 Å². The highest BCUT2D eigenvalue weighted by atomic mass is 16.4. The molecule has 2 heterocycles. The second-order valence-electron chi connectivity index (χ2n) is 9.30. The van der Waals surface area contributed by atoms with E-state index in [0.29, 0.717) is 11.5 Å². The Morgan fingerprint density at radius 2 is 1.56 bits per heavy atom. The minimum absolute atomic E-state index is 0.0649. The van der Waals surface area contributed by atoms with Crippen molar-refractivity contribution in [2.24, 2.45) is 0 Å². The number of carbonyl (C=O) groups is 1. The molecule has 1 N–H and O–H groups in total. The van der Waals surface area contributed by atoms with Gasteiger partial charge in [-0.2, -0.15) is 0 Å². The number of hydrogen-bond donors (Lipinski definition) is 1. The van der Waals surface area contributed by atoms with E-state index in [-0.39, 0.29) is 11.9 Å². The molecule has 1 aromatic heterocycles. The fraction of sp³-hybridized carbons (Fsp3) is 0.267. The van der Waals surface area contributed by atoms with Crippen molar-refractivity contribution in [1.82, 2.24) is 15.2 Å². The smallest absolute Gasteiger partial charge is 0.251 e. The summed E-state index contributed by atoms with van der Waals surface area (Å²) in [5, 5.41) is 3.06. The molecule has 6 heteroatoms. The Morgan fingerprint density at radius 3 is 2.22 bits per heavy atom. The Bertz CT molecular complexity index is 1280. The Balaban J connectivity index is 1.19. The number of oxazole rings is 1. The van der Waals surface area contributed by atoms with Crippen molar-refractivity contribution in [3.8, 4) is 11.5 Å². The molecule has 1 fully saturated rings. The number of hydrogen-bond acceptors (Lipinski definition) is 5. The lowest BCUT2D eigenvalue weighted by atomic mass is 10.1. The first-order chi connectivity index (χ1) is 17.6. The number of para-hydroxylation sites is 1. The van der Waals surface area contributed by atoms with Gasteiger partial charge in [0, 0.05) is 49.5 Å². The van der Waals surface area contributed by atoms with E-state index in [0.717, 1.165) is 55.3 Å². The fourth-order valence-corrected chi connectivity index (χ4v) is 4.58. The predicted octanol–water partition coefficient (Wildman–Crippen LogP) is 5.46. The standard InChI is InChI=1S/C30H32N4O2/c1-22(24-9-5-3-6-10-24)31-29(35)25-13-15-26(16-14-25)30-32-28(23(2)36-30)21-33-17-19-34(20-18-33)27-11-7-4-8-12-27/h3-16,22H,17-21H2,1-2H3,(H,31,35)/t22-/m0/s1. The van der Waals surface area contributed by atoms with Crippen LogP contribution in [0.5, 0.6) is 0 Å². The number of nitrogens with one attached hydrogen (secondary N) is 1. The highest BCUT2D eigenvalue weighted by Crippen LogP contribution is 2.24. The monoisotopic (exact) mass is 480 g/mol. The van der Waals surface area contributed by atoms with Crippen molar-refractivity contribution < 1.29 is 9.21 Å². The van der Waals surface area contributed by atoms with Gasteiger partial charge >= 0.3 is 0 Å². The molecule has 1 amide bonds. The second-order valence-corrected chi connectivity index (χ2v) is 9.30. The van der Waals surface area contributed by atoms with Gasteiger partial charge in [-0.15, -0.1) is 0 Å². The van der Waals surface area contributed by atoms with Gasteiger partial charge in [0.25, 0.3) is 5.91 Å². The molecule has 0 aliphatic carbocycles. The van der Waals surface area contributed by atoms with Crippen LogP contribution >= 0.6 is 0 Å². The highest BCUT2D eigenvalue weighted by molar-refractivity contribution is 5.94. The van der Waals surface area contributed by atoms with Crippen molar-refractivity contribution in [3.05, 3.63) is 108 Å². The van der Waals surface area contributed by atoms with Crippen LogP contribution in [0, 0.1) is 6.92 Å². The van der Waals surface area contributed by atoms with Crippen LogP contribution in [0.15, 0.2) is 89.3 Å². The van der Waals surface area contributed by atoms with Crippen molar-refractivity contribution in [1.29, 1.82) is 0 Å². The lowest BCUT2D eigenvalue weighted by molar-refractivity contribution is 0.0940. The normalized spacial score (nSPS) is 15.0. The zero-order valence-corrected chi connectivity index (χ0v) is 20.9. The van der Waals surface area contributed by atoms with E-state index in [1.807, 2.05) is 68.4 Å². The molecule has 0 unspecified atom stereocenters. The number of carbonyl (C=O) groups excluding carboxylic acids is 1. The summed E-state index contributed by atoms with van der Waals surface area (Å²) < 4.78 is 6.01. The lowest BCUT2D eigenvalue weighted by Gasteiger charge is -2.35. The maximum absolute atomic E-state index is 12.7. The molecule has 1 aliphatic heterocycles. The number of anilines is 1. The third-order valence-electron chi connectivity index (χ3n) is 6.80. The molecule has 0 saturated carbocycles. The van der Waals surface area contributed by atoms with Gasteiger partial charge in [-0.05, 0) is 55.8 Å². The largest absolute Gasteiger partial charge is 0.441 e. The van der Waals surface area contributed by atoms with Crippen molar-refractivity contribution in [3.63, 3.8) is 0 Å². The van der Waals surface area contributed by atoms with Crippen LogP contribution in [-0.4, -0.2) is 42.0 Å². The number of aromatic nitrogens is 1. The van der Waals surface area contributed by atoms with Gasteiger partial charge in [0.15, 0.2) is 0 Å². The summed E-state index contributed by atoms with van der Waals surface area (Å²) in [7, 11) is 0. The number of nitrogens with zero attached hydrogens (tertiary/aromatic N) is 3. The van der Waals surface area contributed by atoms with E-state index >= 15 is 0 Å². The average Bonchev–Trinajstić information content (AvgIpc) is 3.30. The van der Waals surface area contributed by atoms with Crippen molar-refractivity contribution >= 4 is 11.6 Å². The molecule has 4 aromatic rings. The van der Waals surface area contributed by atoms with E-state index in [4.69, 9.17) is 9.40 Å². The summed E-state index contributed by atoms with van der Waals surface area (Å²) in [5.41, 5.74) is 4.80. The Morgan fingerprint density at radius 1 is 0.917 bits per heavy atom. The van der Waals surface area contributed by atoms with Crippen LogP contribution in [-0.2, 0) is 6.54 Å². The molecular weight excluding hydrogens is 448 g/mol. The fourth-order valence-electron chi connectivity index (χ4n) is 4.58. The Labute approximate surface area is 212 Å². The zero-order chi connectivity index (χ0) is 24.9. The molecular formula is C30H32N4O2. The molecule has 36 heavy (non-hydrogen) atoms. The maximum Gasteiger partial charge on any atom is 0.251 e. The molecule has 0 spiro atoms. The third-order valence-corrected chi connectivity index (χ3v) is 6.80. The Hall–Kier alpha value is -3.90. The van der Waals surface area contributed by atoms with Gasteiger partial charge < -0.3 is 14.6 Å². The molecule has 1 aliphatic rings. The summed E-state index contributed by atoms with van der Waals surface area (Å²) in [6, 6.07) is 27.9. The van der Waals surface area contributed by atoms with Gasteiger partial charge in [-0.25, -0.2) is 4.98 Å². The summed E-state index contributed by atoms with van der Waals surface area (Å²) in [4.78, 5) is 22.4. The molecule has 0 bridgehead atoms. The summed E-state index contributed by atoms with van der Waals surface area (Å²) in [6.45, 7) is 8.71.